The number of hydrogen-bond acceptors (Lipinski definition) is 5. The maximum atomic E-state index is 11.5. The summed E-state index contributed by atoms with van der Waals surface area (Å²) in [7, 11) is 1.31. The molecule has 1 N–H and O–H groups in total. The van der Waals surface area contributed by atoms with Crippen LogP contribution in [0.2, 0.25) is 0 Å². The summed E-state index contributed by atoms with van der Waals surface area (Å²) in [5.74, 6) is -1.38. The Bertz CT molecular complexity index is 432. The summed E-state index contributed by atoms with van der Waals surface area (Å²) < 4.78 is 15.6. The Morgan fingerprint density at radius 1 is 1.37 bits per heavy atom. The summed E-state index contributed by atoms with van der Waals surface area (Å²) in [5, 5.41) is 9.22. The standard InChI is InChI=1S/C14H18O5/c1-14(13(16)17-2)18-8-11(9-19-14)7-10-3-5-12(15)6-4-10/h3-6,11,15H,7-9H2,1-2H3. The Balaban J connectivity index is 1.90. The number of phenols is 1. The van der Waals surface area contributed by atoms with Crippen LogP contribution in [0.4, 0.5) is 0 Å². The molecule has 1 heterocycles. The molecule has 19 heavy (non-hydrogen) atoms. The van der Waals surface area contributed by atoms with Gasteiger partial charge in [-0.05, 0) is 24.1 Å². The molecule has 5 nitrogen and oxygen atoms in total. The van der Waals surface area contributed by atoms with Crippen LogP contribution in [-0.4, -0.2) is 37.2 Å². The van der Waals surface area contributed by atoms with Gasteiger partial charge in [-0.3, -0.25) is 0 Å². The summed E-state index contributed by atoms with van der Waals surface area (Å²) >= 11 is 0. The normalized spacial score (nSPS) is 26.9. The number of methoxy groups -OCH3 is 1. The Kier molecular flexibility index (Phi) is 4.07. The van der Waals surface area contributed by atoms with Crippen LogP contribution in [0.3, 0.4) is 0 Å². The largest absolute Gasteiger partial charge is 0.508 e. The lowest BCUT2D eigenvalue weighted by atomic mass is 9.99. The molecule has 0 bridgehead atoms. The molecule has 0 unspecified atom stereocenters. The minimum Gasteiger partial charge on any atom is -0.508 e. The number of phenolic OH excluding ortho intramolecular Hbond substituents is 1. The van der Waals surface area contributed by atoms with Crippen LogP contribution in [0.25, 0.3) is 0 Å². The molecule has 1 saturated heterocycles. The van der Waals surface area contributed by atoms with E-state index >= 15 is 0 Å². The number of rotatable bonds is 3. The van der Waals surface area contributed by atoms with E-state index in [4.69, 9.17) is 9.47 Å². The van der Waals surface area contributed by atoms with Crippen molar-refractivity contribution in [3.05, 3.63) is 29.8 Å². The topological polar surface area (TPSA) is 65.0 Å². The highest BCUT2D eigenvalue weighted by molar-refractivity contribution is 5.77. The summed E-state index contributed by atoms with van der Waals surface area (Å²) in [4.78, 5) is 11.5. The first kappa shape index (κ1) is 13.8. The number of ether oxygens (including phenoxy) is 3. The second-order valence-electron chi connectivity index (χ2n) is 4.80. The molecule has 1 fully saturated rings. The van der Waals surface area contributed by atoms with Gasteiger partial charge in [0.2, 0.25) is 0 Å². The fraction of sp³-hybridized carbons (Fsp3) is 0.500. The third-order valence-corrected chi connectivity index (χ3v) is 3.21. The Hall–Kier alpha value is -1.59. The van der Waals surface area contributed by atoms with E-state index in [2.05, 4.69) is 4.74 Å². The van der Waals surface area contributed by atoms with Crippen LogP contribution in [0, 0.1) is 5.92 Å². The lowest BCUT2D eigenvalue weighted by Crippen LogP contribution is -2.48. The van der Waals surface area contributed by atoms with Crippen LogP contribution in [0.1, 0.15) is 12.5 Å². The molecular formula is C14H18O5. The number of carbonyl (C=O) groups is 1. The summed E-state index contributed by atoms with van der Waals surface area (Å²) in [6.45, 7) is 2.44. The molecule has 0 amide bonds. The molecule has 1 aliphatic rings. The van der Waals surface area contributed by atoms with Gasteiger partial charge >= 0.3 is 5.97 Å². The van der Waals surface area contributed by atoms with Crippen LogP contribution >= 0.6 is 0 Å². The lowest BCUT2D eigenvalue weighted by molar-refractivity contribution is -0.272. The molecule has 104 valence electrons. The molecule has 0 aromatic heterocycles. The number of carbonyl (C=O) groups excluding carboxylic acids is 1. The van der Waals surface area contributed by atoms with Gasteiger partial charge in [0.1, 0.15) is 5.75 Å². The molecule has 1 aromatic carbocycles. The zero-order valence-electron chi connectivity index (χ0n) is 11.1. The van der Waals surface area contributed by atoms with Gasteiger partial charge in [-0.15, -0.1) is 0 Å². The van der Waals surface area contributed by atoms with E-state index in [-0.39, 0.29) is 11.7 Å². The summed E-state index contributed by atoms with van der Waals surface area (Å²) in [6.07, 6.45) is 0.775. The SMILES string of the molecule is COC(=O)C1(C)OCC(Cc2ccc(O)cc2)CO1. The average molecular weight is 266 g/mol. The molecule has 5 heteroatoms. The quantitative estimate of drug-likeness (QED) is 0.840. The third-order valence-electron chi connectivity index (χ3n) is 3.21. The molecule has 0 aliphatic carbocycles. The second-order valence-corrected chi connectivity index (χ2v) is 4.80. The summed E-state index contributed by atoms with van der Waals surface area (Å²) in [5.41, 5.74) is 1.09. The van der Waals surface area contributed by atoms with E-state index in [1.165, 1.54) is 7.11 Å². The highest BCUT2D eigenvalue weighted by Gasteiger charge is 2.41. The van der Waals surface area contributed by atoms with Crippen molar-refractivity contribution in [2.45, 2.75) is 19.1 Å². The number of aromatic hydroxyl groups is 1. The van der Waals surface area contributed by atoms with Crippen molar-refractivity contribution in [2.75, 3.05) is 20.3 Å². The first-order valence-electron chi connectivity index (χ1n) is 6.18. The van der Waals surface area contributed by atoms with Crippen molar-refractivity contribution in [2.24, 2.45) is 5.92 Å². The minimum absolute atomic E-state index is 0.183. The number of hydrogen-bond donors (Lipinski definition) is 1. The van der Waals surface area contributed by atoms with Gasteiger partial charge in [0.25, 0.3) is 5.79 Å². The fourth-order valence-corrected chi connectivity index (χ4v) is 2.03. The molecule has 0 radical (unpaired) electrons. The van der Waals surface area contributed by atoms with E-state index in [9.17, 15) is 9.90 Å². The van der Waals surface area contributed by atoms with Gasteiger partial charge in [-0.25, -0.2) is 4.79 Å². The van der Waals surface area contributed by atoms with Gasteiger partial charge in [0.15, 0.2) is 0 Å². The van der Waals surface area contributed by atoms with E-state index < -0.39 is 11.8 Å². The van der Waals surface area contributed by atoms with Crippen molar-refractivity contribution in [3.8, 4) is 5.75 Å². The minimum atomic E-state index is -1.29. The first-order chi connectivity index (χ1) is 9.03. The van der Waals surface area contributed by atoms with Gasteiger partial charge < -0.3 is 19.3 Å². The lowest BCUT2D eigenvalue weighted by Gasteiger charge is -2.35. The van der Waals surface area contributed by atoms with Crippen molar-refractivity contribution in [3.63, 3.8) is 0 Å². The molecule has 0 spiro atoms. The molecule has 1 aromatic rings. The number of benzene rings is 1. The molecule has 2 rings (SSSR count). The Morgan fingerprint density at radius 2 is 1.95 bits per heavy atom. The predicted molar refractivity (Wildman–Crippen MR) is 67.6 cm³/mol. The van der Waals surface area contributed by atoms with Crippen LogP contribution in [0.15, 0.2) is 24.3 Å². The Labute approximate surface area is 112 Å². The van der Waals surface area contributed by atoms with Crippen molar-refractivity contribution in [1.29, 1.82) is 0 Å². The van der Waals surface area contributed by atoms with Gasteiger partial charge in [-0.1, -0.05) is 12.1 Å². The fourth-order valence-electron chi connectivity index (χ4n) is 2.03. The van der Waals surface area contributed by atoms with Crippen LogP contribution < -0.4 is 0 Å². The predicted octanol–water partition coefficient (Wildman–Crippen LogP) is 1.49. The van der Waals surface area contributed by atoms with Crippen LogP contribution in [-0.2, 0) is 25.4 Å². The zero-order valence-corrected chi connectivity index (χ0v) is 11.1. The Morgan fingerprint density at radius 3 is 2.47 bits per heavy atom. The maximum absolute atomic E-state index is 11.5. The van der Waals surface area contributed by atoms with Crippen LogP contribution in [0.5, 0.6) is 5.75 Å². The van der Waals surface area contributed by atoms with Crippen molar-refractivity contribution in [1.82, 2.24) is 0 Å². The van der Waals surface area contributed by atoms with E-state index in [0.717, 1.165) is 12.0 Å². The van der Waals surface area contributed by atoms with Crippen molar-refractivity contribution >= 4 is 5.97 Å². The zero-order chi connectivity index (χ0) is 13.9. The van der Waals surface area contributed by atoms with Gasteiger partial charge in [0, 0.05) is 12.8 Å². The summed E-state index contributed by atoms with van der Waals surface area (Å²) in [6, 6.07) is 7.03. The van der Waals surface area contributed by atoms with Gasteiger partial charge in [0.05, 0.1) is 20.3 Å². The molecule has 0 saturated carbocycles. The van der Waals surface area contributed by atoms with Gasteiger partial charge in [-0.2, -0.15) is 0 Å². The average Bonchev–Trinajstić information content (AvgIpc) is 2.43. The molecule has 0 atom stereocenters. The van der Waals surface area contributed by atoms with Crippen molar-refractivity contribution < 1.29 is 24.1 Å². The highest BCUT2D eigenvalue weighted by atomic mass is 16.7. The van der Waals surface area contributed by atoms with E-state index in [0.29, 0.717) is 13.2 Å². The monoisotopic (exact) mass is 266 g/mol. The maximum Gasteiger partial charge on any atom is 0.366 e. The molecular weight excluding hydrogens is 248 g/mol. The first-order valence-corrected chi connectivity index (χ1v) is 6.18. The second kappa shape index (κ2) is 5.59. The molecule has 1 aliphatic heterocycles. The van der Waals surface area contributed by atoms with E-state index in [1.807, 2.05) is 12.1 Å². The smallest absolute Gasteiger partial charge is 0.366 e. The highest BCUT2D eigenvalue weighted by Crippen LogP contribution is 2.25. The number of esters is 1. The van der Waals surface area contributed by atoms with E-state index in [1.54, 1.807) is 19.1 Å². The third kappa shape index (κ3) is 3.24.